The molecule has 0 spiro atoms. The monoisotopic (exact) mass is 421 g/mol. The highest BCUT2D eigenvalue weighted by molar-refractivity contribution is 5.95. The van der Waals surface area contributed by atoms with E-state index in [9.17, 15) is 9.59 Å². The Morgan fingerprint density at radius 1 is 0.968 bits per heavy atom. The van der Waals surface area contributed by atoms with Gasteiger partial charge in [-0.1, -0.05) is 0 Å². The van der Waals surface area contributed by atoms with E-state index in [1.807, 2.05) is 24.5 Å². The number of ether oxygens (including phenoxy) is 2. The van der Waals surface area contributed by atoms with Crippen molar-refractivity contribution in [1.82, 2.24) is 9.99 Å². The maximum atomic E-state index is 12.4. The molecular weight excluding hydrogens is 398 g/mol. The third-order valence-electron chi connectivity index (χ3n) is 4.83. The van der Waals surface area contributed by atoms with Gasteiger partial charge in [0.1, 0.15) is 11.5 Å². The first-order chi connectivity index (χ1) is 14.8. The Morgan fingerprint density at radius 2 is 1.58 bits per heavy atom. The molecule has 0 unspecified atom stereocenters. The summed E-state index contributed by atoms with van der Waals surface area (Å²) in [6.07, 6.45) is 1.57. The Balaban J connectivity index is 1.78. The van der Waals surface area contributed by atoms with E-state index >= 15 is 0 Å². The highest BCUT2D eigenvalue weighted by atomic mass is 16.5. The number of amides is 1. The standard InChI is InChI=1S/C23H23N3O5/c1-14-9-18(15(2)26(14)19-7-5-16(6-8-19)23(28)29)13-24-25-22(27)17-10-20(30-3)12-21(11-17)31-4/h5-13H,1-4H3,(H,25,27)(H,28,29). The van der Waals surface area contributed by atoms with Gasteiger partial charge in [0.2, 0.25) is 0 Å². The minimum absolute atomic E-state index is 0.227. The molecule has 0 fully saturated rings. The number of hydrogen-bond donors (Lipinski definition) is 2. The second-order valence-electron chi connectivity index (χ2n) is 6.81. The van der Waals surface area contributed by atoms with Crippen molar-refractivity contribution >= 4 is 18.1 Å². The summed E-state index contributed by atoms with van der Waals surface area (Å²) in [4.78, 5) is 23.5. The SMILES string of the molecule is COc1cc(OC)cc(C(=O)NN=Cc2cc(C)n(-c3ccc(C(=O)O)cc3)c2C)c1. The zero-order chi connectivity index (χ0) is 22.5. The lowest BCUT2D eigenvalue weighted by atomic mass is 10.2. The van der Waals surface area contributed by atoms with Crippen LogP contribution in [0.25, 0.3) is 5.69 Å². The predicted octanol–water partition coefficient (Wildman–Crippen LogP) is 3.57. The quantitative estimate of drug-likeness (QED) is 0.449. The number of carbonyl (C=O) groups excluding carboxylic acids is 1. The van der Waals surface area contributed by atoms with Crippen LogP contribution in [0.1, 0.15) is 37.7 Å². The van der Waals surface area contributed by atoms with Crippen LogP contribution in [0.2, 0.25) is 0 Å². The molecule has 0 aliphatic rings. The Kier molecular flexibility index (Phi) is 6.40. The van der Waals surface area contributed by atoms with Crippen LogP contribution in [-0.2, 0) is 0 Å². The highest BCUT2D eigenvalue weighted by Crippen LogP contribution is 2.23. The van der Waals surface area contributed by atoms with Crippen LogP contribution in [0.5, 0.6) is 11.5 Å². The maximum Gasteiger partial charge on any atom is 0.335 e. The molecule has 0 atom stereocenters. The molecule has 3 aromatic rings. The van der Waals surface area contributed by atoms with Crippen LogP contribution in [-0.4, -0.2) is 42.0 Å². The normalized spacial score (nSPS) is 10.8. The molecule has 1 heterocycles. The van der Waals surface area contributed by atoms with E-state index in [-0.39, 0.29) is 5.56 Å². The number of carboxylic acid groups (broad SMARTS) is 1. The number of hydrogen-bond acceptors (Lipinski definition) is 5. The van der Waals surface area contributed by atoms with E-state index in [1.165, 1.54) is 14.2 Å². The molecule has 0 radical (unpaired) electrons. The molecule has 0 bridgehead atoms. The van der Waals surface area contributed by atoms with Crippen LogP contribution in [0.3, 0.4) is 0 Å². The number of aromatic nitrogens is 1. The molecule has 8 heteroatoms. The lowest BCUT2D eigenvalue weighted by Crippen LogP contribution is -2.17. The maximum absolute atomic E-state index is 12.4. The molecule has 0 saturated carbocycles. The van der Waals surface area contributed by atoms with Gasteiger partial charge in [0.05, 0.1) is 26.0 Å². The van der Waals surface area contributed by atoms with Gasteiger partial charge in [0, 0.05) is 34.3 Å². The van der Waals surface area contributed by atoms with Crippen LogP contribution < -0.4 is 14.9 Å². The average molecular weight is 421 g/mol. The van der Waals surface area contributed by atoms with E-state index in [0.717, 1.165) is 22.6 Å². The molecule has 2 N–H and O–H groups in total. The van der Waals surface area contributed by atoms with Crippen molar-refractivity contribution < 1.29 is 24.2 Å². The van der Waals surface area contributed by atoms with Gasteiger partial charge in [-0.2, -0.15) is 5.10 Å². The predicted molar refractivity (Wildman–Crippen MR) is 117 cm³/mol. The zero-order valence-electron chi connectivity index (χ0n) is 17.7. The molecule has 31 heavy (non-hydrogen) atoms. The molecule has 1 aromatic heterocycles. The molecule has 8 nitrogen and oxygen atoms in total. The Labute approximate surface area is 179 Å². The smallest absolute Gasteiger partial charge is 0.335 e. The van der Waals surface area contributed by atoms with Gasteiger partial charge in [-0.05, 0) is 56.3 Å². The van der Waals surface area contributed by atoms with Crippen molar-refractivity contribution in [2.45, 2.75) is 13.8 Å². The van der Waals surface area contributed by atoms with Gasteiger partial charge in [-0.25, -0.2) is 10.2 Å². The number of aryl methyl sites for hydroxylation is 1. The number of aromatic carboxylic acids is 1. The average Bonchev–Trinajstić information content (AvgIpc) is 3.06. The first kappa shape index (κ1) is 21.6. The molecule has 0 aliphatic heterocycles. The summed E-state index contributed by atoms with van der Waals surface area (Å²) < 4.78 is 12.4. The third kappa shape index (κ3) is 4.75. The molecule has 3 rings (SSSR count). The van der Waals surface area contributed by atoms with Crippen molar-refractivity contribution in [3.05, 3.63) is 76.6 Å². The molecular formula is C23H23N3O5. The van der Waals surface area contributed by atoms with E-state index < -0.39 is 11.9 Å². The summed E-state index contributed by atoms with van der Waals surface area (Å²) in [6.45, 7) is 3.87. The van der Waals surface area contributed by atoms with E-state index in [4.69, 9.17) is 14.6 Å². The topological polar surface area (TPSA) is 102 Å². The number of carbonyl (C=O) groups is 2. The summed E-state index contributed by atoms with van der Waals surface area (Å²) in [5.74, 6) is -0.354. The summed E-state index contributed by atoms with van der Waals surface area (Å²) in [6, 6.07) is 13.4. The molecule has 2 aromatic carbocycles. The lowest BCUT2D eigenvalue weighted by molar-refractivity contribution is 0.0696. The van der Waals surface area contributed by atoms with Crippen LogP contribution in [0.15, 0.2) is 53.6 Å². The number of rotatable bonds is 7. The minimum Gasteiger partial charge on any atom is -0.497 e. The molecule has 0 aliphatic carbocycles. The molecule has 0 saturated heterocycles. The number of carboxylic acids is 1. The van der Waals surface area contributed by atoms with Gasteiger partial charge < -0.3 is 19.1 Å². The fourth-order valence-electron chi connectivity index (χ4n) is 3.23. The molecule has 1 amide bonds. The summed E-state index contributed by atoms with van der Waals surface area (Å²) in [7, 11) is 3.03. The van der Waals surface area contributed by atoms with Crippen molar-refractivity contribution in [2.24, 2.45) is 5.10 Å². The number of methoxy groups -OCH3 is 2. The van der Waals surface area contributed by atoms with Crippen LogP contribution >= 0.6 is 0 Å². The van der Waals surface area contributed by atoms with Crippen molar-refractivity contribution in [3.63, 3.8) is 0 Å². The van der Waals surface area contributed by atoms with E-state index in [2.05, 4.69) is 10.5 Å². The molecule has 160 valence electrons. The lowest BCUT2D eigenvalue weighted by Gasteiger charge is -2.10. The number of nitrogens with zero attached hydrogens (tertiary/aromatic N) is 2. The van der Waals surface area contributed by atoms with Crippen LogP contribution in [0, 0.1) is 13.8 Å². The van der Waals surface area contributed by atoms with Crippen molar-refractivity contribution in [1.29, 1.82) is 0 Å². The minimum atomic E-state index is -0.968. The second-order valence-corrected chi connectivity index (χ2v) is 6.81. The second kappa shape index (κ2) is 9.17. The van der Waals surface area contributed by atoms with Gasteiger partial charge in [-0.15, -0.1) is 0 Å². The Hall–Kier alpha value is -4.07. The highest BCUT2D eigenvalue weighted by Gasteiger charge is 2.12. The number of hydrazone groups is 1. The van der Waals surface area contributed by atoms with Crippen LogP contribution in [0.4, 0.5) is 0 Å². The zero-order valence-corrected chi connectivity index (χ0v) is 17.7. The largest absolute Gasteiger partial charge is 0.497 e. The van der Waals surface area contributed by atoms with Crippen molar-refractivity contribution in [2.75, 3.05) is 14.2 Å². The third-order valence-corrected chi connectivity index (χ3v) is 4.83. The van der Waals surface area contributed by atoms with Gasteiger partial charge in [-0.3, -0.25) is 4.79 Å². The Bertz CT molecular complexity index is 1120. The first-order valence-corrected chi connectivity index (χ1v) is 9.43. The summed E-state index contributed by atoms with van der Waals surface area (Å²) in [5.41, 5.74) is 6.61. The fraction of sp³-hybridized carbons (Fsp3) is 0.174. The van der Waals surface area contributed by atoms with Crippen molar-refractivity contribution in [3.8, 4) is 17.2 Å². The van der Waals surface area contributed by atoms with Gasteiger partial charge >= 0.3 is 5.97 Å². The number of benzene rings is 2. The van der Waals surface area contributed by atoms with Gasteiger partial charge in [0.15, 0.2) is 0 Å². The summed E-state index contributed by atoms with van der Waals surface area (Å²) in [5, 5.41) is 13.1. The summed E-state index contributed by atoms with van der Waals surface area (Å²) >= 11 is 0. The van der Waals surface area contributed by atoms with Gasteiger partial charge in [0.25, 0.3) is 5.91 Å². The first-order valence-electron chi connectivity index (χ1n) is 9.43. The fourth-order valence-corrected chi connectivity index (χ4v) is 3.23. The van der Waals surface area contributed by atoms with E-state index in [0.29, 0.717) is 17.1 Å². The number of nitrogens with one attached hydrogen (secondary N) is 1. The Morgan fingerprint density at radius 3 is 2.13 bits per heavy atom. The van der Waals surface area contributed by atoms with E-state index in [1.54, 1.807) is 48.7 Å².